The summed E-state index contributed by atoms with van der Waals surface area (Å²) < 4.78 is 5.83. The topological polar surface area (TPSA) is 82.6 Å². The van der Waals surface area contributed by atoms with Crippen molar-refractivity contribution in [2.45, 2.75) is 51.6 Å². The van der Waals surface area contributed by atoms with E-state index in [-0.39, 0.29) is 17.4 Å². The quantitative estimate of drug-likeness (QED) is 0.288. The highest BCUT2D eigenvalue weighted by atomic mass is 16.5. The lowest BCUT2D eigenvalue weighted by molar-refractivity contribution is -0.141. The summed E-state index contributed by atoms with van der Waals surface area (Å²) in [7, 11) is 0. The molecular formula is C28H30N2O4. The zero-order valence-corrected chi connectivity index (χ0v) is 19.6. The van der Waals surface area contributed by atoms with Gasteiger partial charge in [-0.1, -0.05) is 57.0 Å². The van der Waals surface area contributed by atoms with E-state index in [4.69, 9.17) is 4.74 Å². The number of aromatic amines is 1. The van der Waals surface area contributed by atoms with E-state index in [1.807, 2.05) is 36.5 Å². The molecule has 1 unspecified atom stereocenters. The first kappa shape index (κ1) is 22.3. The number of para-hydroxylation sites is 1. The first-order valence-electron chi connectivity index (χ1n) is 12.0. The van der Waals surface area contributed by atoms with Crippen molar-refractivity contribution in [3.8, 4) is 5.75 Å². The summed E-state index contributed by atoms with van der Waals surface area (Å²) in [6.45, 7) is 4.68. The minimum Gasteiger partial charge on any atom is -0.507 e. The van der Waals surface area contributed by atoms with Gasteiger partial charge in [0.1, 0.15) is 11.5 Å². The van der Waals surface area contributed by atoms with E-state index in [9.17, 15) is 14.7 Å². The third-order valence-electron chi connectivity index (χ3n) is 6.80. The number of carbonyl (C=O) groups is 2. The molecule has 0 radical (unpaired) electrons. The van der Waals surface area contributed by atoms with Crippen LogP contribution in [0.2, 0.25) is 0 Å². The minimum absolute atomic E-state index is 0.0129. The Labute approximate surface area is 199 Å². The Kier molecular flexibility index (Phi) is 5.90. The monoisotopic (exact) mass is 458 g/mol. The summed E-state index contributed by atoms with van der Waals surface area (Å²) in [6, 6.07) is 14.3. The summed E-state index contributed by atoms with van der Waals surface area (Å²) in [4.78, 5) is 31.7. The number of aromatic nitrogens is 1. The predicted octanol–water partition coefficient (Wildman–Crippen LogP) is 5.57. The van der Waals surface area contributed by atoms with Gasteiger partial charge in [0.2, 0.25) is 0 Å². The lowest BCUT2D eigenvalue weighted by Gasteiger charge is -2.30. The number of hydrogen-bond acceptors (Lipinski definition) is 4. The van der Waals surface area contributed by atoms with Crippen molar-refractivity contribution in [2.24, 2.45) is 5.92 Å². The van der Waals surface area contributed by atoms with Gasteiger partial charge < -0.3 is 19.7 Å². The van der Waals surface area contributed by atoms with Crippen LogP contribution in [0.5, 0.6) is 5.75 Å². The van der Waals surface area contributed by atoms with E-state index >= 15 is 0 Å². The fourth-order valence-electron chi connectivity index (χ4n) is 5.19. The van der Waals surface area contributed by atoms with Gasteiger partial charge in [-0.3, -0.25) is 9.59 Å². The highest BCUT2D eigenvalue weighted by Crippen LogP contribution is 2.45. The third kappa shape index (κ3) is 3.87. The number of H-pyrrole nitrogens is 1. The van der Waals surface area contributed by atoms with E-state index < -0.39 is 17.7 Å². The molecule has 2 aromatic carbocycles. The molecule has 2 N–H and O–H groups in total. The molecule has 1 aliphatic carbocycles. The second-order valence-corrected chi connectivity index (χ2v) is 9.67. The zero-order chi connectivity index (χ0) is 23.8. The van der Waals surface area contributed by atoms with E-state index in [1.165, 1.54) is 0 Å². The maximum Gasteiger partial charge on any atom is 0.295 e. The van der Waals surface area contributed by atoms with Gasteiger partial charge >= 0.3 is 0 Å². The average Bonchev–Trinajstić information content (AvgIpc) is 3.56. The molecule has 5 rings (SSSR count). The van der Waals surface area contributed by atoms with Crippen molar-refractivity contribution in [1.82, 2.24) is 9.88 Å². The smallest absolute Gasteiger partial charge is 0.295 e. The average molecular weight is 459 g/mol. The molecule has 0 bridgehead atoms. The molecule has 6 nitrogen and oxygen atoms in total. The number of carbonyl (C=O) groups excluding carboxylic acids is 2. The first-order valence-corrected chi connectivity index (χ1v) is 12.0. The minimum atomic E-state index is -0.639. The number of nitrogens with zero attached hydrogens (tertiary/aromatic N) is 1. The normalized spacial score (nSPS) is 20.7. The maximum absolute atomic E-state index is 13.4. The second kappa shape index (κ2) is 9.01. The van der Waals surface area contributed by atoms with Gasteiger partial charge in [-0.05, 0) is 37.0 Å². The number of nitrogens with one attached hydrogen (secondary N) is 1. The summed E-state index contributed by atoms with van der Waals surface area (Å²) in [6.07, 6.45) is 5.65. The van der Waals surface area contributed by atoms with Crippen molar-refractivity contribution in [3.63, 3.8) is 0 Å². The fraction of sp³-hybridized carbons (Fsp3) is 0.357. The van der Waals surface area contributed by atoms with Crippen molar-refractivity contribution in [1.29, 1.82) is 0 Å². The molecule has 2 heterocycles. The van der Waals surface area contributed by atoms with Crippen LogP contribution in [0.1, 0.15) is 56.7 Å². The van der Waals surface area contributed by atoms with E-state index in [2.05, 4.69) is 18.8 Å². The van der Waals surface area contributed by atoms with Crippen LogP contribution in [0.4, 0.5) is 0 Å². The molecule has 6 heteroatoms. The molecule has 1 aromatic heterocycles. The highest BCUT2D eigenvalue weighted by Gasteiger charge is 2.49. The molecule has 1 amide bonds. The van der Waals surface area contributed by atoms with Crippen molar-refractivity contribution >= 4 is 28.4 Å². The fourth-order valence-corrected chi connectivity index (χ4v) is 5.19. The maximum atomic E-state index is 13.4. The number of aliphatic hydroxyl groups is 1. The number of likely N-dealkylation sites (tertiary alicyclic amines) is 1. The first-order chi connectivity index (χ1) is 16.5. The molecule has 1 aliphatic heterocycles. The lowest BCUT2D eigenvalue weighted by Crippen LogP contribution is -2.37. The van der Waals surface area contributed by atoms with Crippen LogP contribution in [0.25, 0.3) is 16.7 Å². The largest absolute Gasteiger partial charge is 0.507 e. The van der Waals surface area contributed by atoms with Crippen LogP contribution in [0, 0.1) is 5.92 Å². The van der Waals surface area contributed by atoms with Gasteiger partial charge in [0, 0.05) is 34.3 Å². The van der Waals surface area contributed by atoms with Gasteiger partial charge in [-0.2, -0.15) is 0 Å². The molecule has 1 saturated heterocycles. The molecule has 34 heavy (non-hydrogen) atoms. The Hall–Kier alpha value is -3.54. The van der Waals surface area contributed by atoms with Crippen LogP contribution >= 0.6 is 0 Å². The molecular weight excluding hydrogens is 428 g/mol. The number of benzene rings is 2. The van der Waals surface area contributed by atoms with Gasteiger partial charge in [0.15, 0.2) is 0 Å². The molecule has 0 spiro atoms. The van der Waals surface area contributed by atoms with Crippen LogP contribution in [0.3, 0.4) is 0 Å². The number of fused-ring (bicyclic) bond motifs is 1. The number of ketones is 1. The van der Waals surface area contributed by atoms with Crippen LogP contribution < -0.4 is 4.74 Å². The zero-order valence-electron chi connectivity index (χ0n) is 19.6. The van der Waals surface area contributed by atoms with Crippen LogP contribution in [0.15, 0.2) is 60.3 Å². The Morgan fingerprint density at radius 1 is 1.12 bits per heavy atom. The third-order valence-corrected chi connectivity index (χ3v) is 6.80. The molecule has 2 fully saturated rings. The Bertz CT molecular complexity index is 1270. The molecule has 3 aromatic rings. The van der Waals surface area contributed by atoms with Crippen LogP contribution in [-0.2, 0) is 9.59 Å². The number of ether oxygens (including phenoxy) is 1. The van der Waals surface area contributed by atoms with Gasteiger partial charge in [0.25, 0.3) is 11.7 Å². The number of rotatable bonds is 6. The van der Waals surface area contributed by atoms with Gasteiger partial charge in [-0.15, -0.1) is 0 Å². The molecule has 1 atom stereocenters. The van der Waals surface area contributed by atoms with E-state index in [0.717, 1.165) is 42.1 Å². The number of hydrogen-bond donors (Lipinski definition) is 2. The van der Waals surface area contributed by atoms with Crippen molar-refractivity contribution < 1.29 is 19.4 Å². The number of amides is 1. The second-order valence-electron chi connectivity index (χ2n) is 9.67. The van der Waals surface area contributed by atoms with E-state index in [0.29, 0.717) is 23.8 Å². The molecule has 2 aliphatic rings. The standard InChI is InChI=1S/C28H30N2O4/c1-17(2)16-34-20-11-7-8-18(14-20)26(31)24-25(22-15-29-23-13-6-5-12-21(22)23)30(28(33)27(24)32)19-9-3-4-10-19/h5-8,11-15,17,19,25,29,31H,3-4,9-10,16H2,1-2H3/b26-24+. The SMILES string of the molecule is CC(C)COc1cccc(/C(O)=C2\C(=O)C(=O)N(C3CCCC3)C2c2c[nH]c3ccccc23)c1. The summed E-state index contributed by atoms with van der Waals surface area (Å²) in [5.74, 6) is -0.351. The Balaban J connectivity index is 1.65. The van der Waals surface area contributed by atoms with Gasteiger partial charge in [0.05, 0.1) is 18.2 Å². The van der Waals surface area contributed by atoms with Crippen molar-refractivity contribution in [3.05, 3.63) is 71.4 Å². The van der Waals surface area contributed by atoms with E-state index in [1.54, 1.807) is 23.1 Å². The predicted molar refractivity (Wildman–Crippen MR) is 131 cm³/mol. The summed E-state index contributed by atoms with van der Waals surface area (Å²) in [5.41, 5.74) is 2.37. The Morgan fingerprint density at radius 2 is 1.88 bits per heavy atom. The lowest BCUT2D eigenvalue weighted by atomic mass is 9.94. The number of aliphatic hydroxyl groups excluding tert-OH is 1. The highest BCUT2D eigenvalue weighted by molar-refractivity contribution is 6.46. The Morgan fingerprint density at radius 3 is 2.65 bits per heavy atom. The van der Waals surface area contributed by atoms with Gasteiger partial charge in [-0.25, -0.2) is 0 Å². The summed E-state index contributed by atoms with van der Waals surface area (Å²) >= 11 is 0. The molecule has 1 saturated carbocycles. The molecule has 176 valence electrons. The van der Waals surface area contributed by atoms with Crippen molar-refractivity contribution in [2.75, 3.05) is 6.61 Å². The number of Topliss-reactive ketones (excluding diaryl/α,β-unsaturated/α-hetero) is 1. The van der Waals surface area contributed by atoms with Crippen LogP contribution in [-0.4, -0.2) is 39.3 Å². The summed E-state index contributed by atoms with van der Waals surface area (Å²) in [5, 5.41) is 12.4.